The maximum absolute atomic E-state index is 11.5. The molecule has 2 fully saturated rings. The molecule has 0 spiro atoms. The second-order valence-electron chi connectivity index (χ2n) is 5.00. The molecule has 94 valence electrons. The van der Waals surface area contributed by atoms with Gasteiger partial charge in [0.05, 0.1) is 0 Å². The summed E-state index contributed by atoms with van der Waals surface area (Å²) in [7, 11) is 0. The molecule has 0 N–H and O–H groups in total. The molecule has 4 unspecified atom stereocenters. The highest BCUT2D eigenvalue weighted by Gasteiger charge is 2.62. The number of carbonyl (C=O) groups is 1. The molecule has 3 aliphatic heterocycles. The third-order valence-corrected chi connectivity index (χ3v) is 4.05. The number of hydroxylamine groups is 2. The van der Waals surface area contributed by atoms with Crippen LogP contribution in [-0.4, -0.2) is 39.5 Å². The molecule has 17 heavy (non-hydrogen) atoms. The Morgan fingerprint density at radius 3 is 2.76 bits per heavy atom. The van der Waals surface area contributed by atoms with Crippen molar-refractivity contribution in [2.45, 2.75) is 49.3 Å². The van der Waals surface area contributed by atoms with E-state index in [2.05, 4.69) is 15.9 Å². The fraction of sp³-hybridized carbons (Fsp3) is 0.727. The molecular weight excluding hydrogens is 290 g/mol. The third kappa shape index (κ3) is 1.58. The smallest absolute Gasteiger partial charge is 0.243 e. The molecule has 0 saturated carbocycles. The number of amides is 1. The zero-order valence-electron chi connectivity index (χ0n) is 9.84. The Labute approximate surface area is 108 Å². The molecule has 4 rings (SSSR count). The van der Waals surface area contributed by atoms with Crippen LogP contribution >= 0.6 is 15.9 Å². The predicted octanol–water partition coefficient (Wildman–Crippen LogP) is 1.33. The van der Waals surface area contributed by atoms with E-state index in [1.807, 2.05) is 26.0 Å². The van der Waals surface area contributed by atoms with E-state index < -0.39 is 10.3 Å². The Bertz CT molecular complexity index is 410. The first-order valence-electron chi connectivity index (χ1n) is 5.55. The van der Waals surface area contributed by atoms with E-state index in [0.717, 1.165) is 0 Å². The highest BCUT2D eigenvalue weighted by molar-refractivity contribution is 9.10. The van der Waals surface area contributed by atoms with E-state index in [4.69, 9.17) is 14.3 Å². The van der Waals surface area contributed by atoms with Crippen molar-refractivity contribution in [1.29, 1.82) is 0 Å². The molecule has 0 aromatic carbocycles. The topological polar surface area (TPSA) is 48.0 Å². The zero-order chi connectivity index (χ0) is 12.4. The Hall–Kier alpha value is -0.430. The van der Waals surface area contributed by atoms with E-state index in [0.29, 0.717) is 0 Å². The van der Waals surface area contributed by atoms with Crippen LogP contribution in [0.5, 0.6) is 0 Å². The van der Waals surface area contributed by atoms with E-state index >= 15 is 0 Å². The summed E-state index contributed by atoms with van der Waals surface area (Å²) < 4.78 is 10.9. The summed E-state index contributed by atoms with van der Waals surface area (Å²) >= 11 is 3.49. The van der Waals surface area contributed by atoms with Crippen LogP contribution in [-0.2, 0) is 19.1 Å². The lowest BCUT2D eigenvalue weighted by atomic mass is 9.92. The number of hydrogen-bond acceptors (Lipinski definition) is 4. The van der Waals surface area contributed by atoms with E-state index in [1.165, 1.54) is 12.0 Å². The lowest BCUT2D eigenvalue weighted by Crippen LogP contribution is -2.65. The molecule has 2 bridgehead atoms. The highest BCUT2D eigenvalue weighted by atomic mass is 79.9. The van der Waals surface area contributed by atoms with Gasteiger partial charge < -0.3 is 9.47 Å². The minimum atomic E-state index is -0.814. The molecule has 1 amide bonds. The number of carbonyl (C=O) groups excluding carboxylic acids is 1. The maximum Gasteiger partial charge on any atom is 0.243 e. The summed E-state index contributed by atoms with van der Waals surface area (Å²) in [6.45, 7) is 5.19. The van der Waals surface area contributed by atoms with Crippen molar-refractivity contribution < 1.29 is 19.1 Å². The molecule has 2 saturated heterocycles. The number of rotatable bonds is 0. The largest absolute Gasteiger partial charge is 0.342 e. The molecule has 0 radical (unpaired) electrons. The summed E-state index contributed by atoms with van der Waals surface area (Å²) in [5, 5.41) is 1.35. The molecule has 6 heteroatoms. The SMILES string of the molecule is CC(=O)N1OC2(Br)C=CC1C1OC(C)(C)OC12. The minimum absolute atomic E-state index is 0.144. The van der Waals surface area contributed by atoms with Gasteiger partial charge >= 0.3 is 0 Å². The average molecular weight is 304 g/mol. The van der Waals surface area contributed by atoms with Crippen molar-refractivity contribution in [2.75, 3.05) is 0 Å². The van der Waals surface area contributed by atoms with E-state index in [1.54, 1.807) is 0 Å². The first kappa shape index (κ1) is 11.6. The summed E-state index contributed by atoms with van der Waals surface area (Å²) in [5.74, 6) is -0.802. The number of fused-ring (bicyclic) bond motifs is 1. The lowest BCUT2D eigenvalue weighted by molar-refractivity contribution is -0.270. The van der Waals surface area contributed by atoms with Gasteiger partial charge in [-0.25, -0.2) is 9.90 Å². The van der Waals surface area contributed by atoms with Crippen molar-refractivity contribution in [2.24, 2.45) is 0 Å². The van der Waals surface area contributed by atoms with Crippen molar-refractivity contribution >= 4 is 21.8 Å². The first-order chi connectivity index (χ1) is 7.82. The number of nitrogens with zero attached hydrogens (tertiary/aromatic N) is 1. The number of hydrogen-bond donors (Lipinski definition) is 0. The van der Waals surface area contributed by atoms with E-state index in [9.17, 15) is 4.79 Å². The normalized spacial score (nSPS) is 46.1. The van der Waals surface area contributed by atoms with Crippen molar-refractivity contribution in [3.8, 4) is 0 Å². The predicted molar refractivity (Wildman–Crippen MR) is 62.0 cm³/mol. The molecule has 0 aromatic rings. The highest BCUT2D eigenvalue weighted by Crippen LogP contribution is 2.49. The monoisotopic (exact) mass is 303 g/mol. The second-order valence-corrected chi connectivity index (χ2v) is 6.24. The van der Waals surface area contributed by atoms with Crippen LogP contribution in [0, 0.1) is 0 Å². The zero-order valence-corrected chi connectivity index (χ0v) is 11.4. The molecule has 3 heterocycles. The Balaban J connectivity index is 1.99. The van der Waals surface area contributed by atoms with Gasteiger partial charge in [-0.05, 0) is 35.9 Å². The minimum Gasteiger partial charge on any atom is -0.342 e. The lowest BCUT2D eigenvalue weighted by Gasteiger charge is -2.49. The summed E-state index contributed by atoms with van der Waals surface area (Å²) in [6, 6.07) is -0.223. The van der Waals surface area contributed by atoms with Crippen LogP contribution in [0.15, 0.2) is 12.2 Å². The number of alkyl halides is 1. The Morgan fingerprint density at radius 2 is 2.12 bits per heavy atom. The molecule has 1 aliphatic carbocycles. The molecule has 4 atom stereocenters. The number of halogens is 1. The summed E-state index contributed by atoms with van der Waals surface area (Å²) in [6.07, 6.45) is 3.35. The van der Waals surface area contributed by atoms with Gasteiger partial charge in [0, 0.05) is 6.92 Å². The van der Waals surface area contributed by atoms with Crippen molar-refractivity contribution in [3.05, 3.63) is 12.2 Å². The van der Waals surface area contributed by atoms with Crippen LogP contribution in [0.25, 0.3) is 0 Å². The van der Waals surface area contributed by atoms with Crippen LogP contribution in [0.2, 0.25) is 0 Å². The Kier molecular flexibility index (Phi) is 2.27. The maximum atomic E-state index is 11.5. The second kappa shape index (κ2) is 3.32. The van der Waals surface area contributed by atoms with Crippen LogP contribution in [0.1, 0.15) is 20.8 Å². The summed E-state index contributed by atoms with van der Waals surface area (Å²) in [4.78, 5) is 17.2. The van der Waals surface area contributed by atoms with Gasteiger partial charge in [0.2, 0.25) is 5.91 Å². The van der Waals surface area contributed by atoms with Gasteiger partial charge in [-0.2, -0.15) is 0 Å². The van der Waals surface area contributed by atoms with E-state index in [-0.39, 0.29) is 24.2 Å². The quantitative estimate of drug-likeness (QED) is 0.500. The molecule has 5 nitrogen and oxygen atoms in total. The average Bonchev–Trinajstić information content (AvgIpc) is 2.55. The fourth-order valence-electron chi connectivity index (χ4n) is 2.56. The summed E-state index contributed by atoms with van der Waals surface area (Å²) in [5.41, 5.74) is 0. The van der Waals surface area contributed by atoms with Gasteiger partial charge in [0.25, 0.3) is 0 Å². The van der Waals surface area contributed by atoms with Crippen LogP contribution in [0.4, 0.5) is 0 Å². The molecular formula is C11H14BrNO4. The van der Waals surface area contributed by atoms with Gasteiger partial charge in [0.15, 0.2) is 10.3 Å². The van der Waals surface area contributed by atoms with Gasteiger partial charge in [-0.15, -0.1) is 0 Å². The van der Waals surface area contributed by atoms with Crippen molar-refractivity contribution in [3.63, 3.8) is 0 Å². The van der Waals surface area contributed by atoms with Crippen molar-refractivity contribution in [1.82, 2.24) is 5.06 Å². The van der Waals surface area contributed by atoms with Crippen LogP contribution < -0.4 is 0 Å². The Morgan fingerprint density at radius 1 is 1.41 bits per heavy atom. The molecule has 0 aromatic heterocycles. The third-order valence-electron chi connectivity index (χ3n) is 3.19. The molecule has 4 aliphatic rings. The van der Waals surface area contributed by atoms with Gasteiger partial charge in [-0.3, -0.25) is 4.79 Å². The fourth-order valence-corrected chi connectivity index (χ4v) is 3.22. The van der Waals surface area contributed by atoms with Gasteiger partial charge in [0.1, 0.15) is 18.2 Å². The van der Waals surface area contributed by atoms with Crippen LogP contribution in [0.3, 0.4) is 0 Å². The standard InChI is InChI=1S/C11H14BrNO4/c1-6(14)13-7-4-5-11(12,17-13)9-8(7)15-10(2,3)16-9/h4-5,7-9H,1-3H3. The first-order valence-corrected chi connectivity index (χ1v) is 6.34. The number of ether oxygens (including phenoxy) is 2. The van der Waals surface area contributed by atoms with Gasteiger partial charge in [-0.1, -0.05) is 6.08 Å².